The maximum atomic E-state index is 5.88. The lowest BCUT2D eigenvalue weighted by atomic mass is 10.2. The zero-order chi connectivity index (χ0) is 14.5. The van der Waals surface area contributed by atoms with Gasteiger partial charge in [-0.3, -0.25) is 0 Å². The number of rotatable bonds is 5. The molecule has 5 heteroatoms. The average molecular weight is 291 g/mol. The van der Waals surface area contributed by atoms with E-state index in [0.717, 1.165) is 18.8 Å². The van der Waals surface area contributed by atoms with Crippen molar-refractivity contribution in [2.75, 3.05) is 29.0 Å². The monoisotopic (exact) mass is 290 g/mol. The number of nitrogens with two attached hydrogens (primary N) is 1. The summed E-state index contributed by atoms with van der Waals surface area (Å²) >= 11 is 5.88. The molecule has 0 fully saturated rings. The lowest BCUT2D eigenvalue weighted by Crippen LogP contribution is -2.21. The highest BCUT2D eigenvalue weighted by Crippen LogP contribution is 2.22. The molecule has 0 spiro atoms. The molecule has 1 aromatic carbocycles. The van der Waals surface area contributed by atoms with Gasteiger partial charge in [0, 0.05) is 36.2 Å². The number of nitrogens with one attached hydrogen (secondary N) is 1. The molecular weight excluding hydrogens is 272 g/mol. The van der Waals surface area contributed by atoms with Crippen molar-refractivity contribution in [2.24, 2.45) is 0 Å². The van der Waals surface area contributed by atoms with Gasteiger partial charge in [-0.25, -0.2) is 4.98 Å². The summed E-state index contributed by atoms with van der Waals surface area (Å²) in [5.74, 6) is 0.644. The number of anilines is 4. The van der Waals surface area contributed by atoms with E-state index in [1.807, 2.05) is 12.1 Å². The number of nitrogen functional groups attached to an aromatic ring is 1. The summed E-state index contributed by atoms with van der Waals surface area (Å²) < 4.78 is 0. The van der Waals surface area contributed by atoms with Gasteiger partial charge in [-0.15, -0.1) is 0 Å². The van der Waals surface area contributed by atoms with Gasteiger partial charge < -0.3 is 16.0 Å². The van der Waals surface area contributed by atoms with E-state index in [-0.39, 0.29) is 0 Å². The quantitative estimate of drug-likeness (QED) is 0.820. The third kappa shape index (κ3) is 3.54. The summed E-state index contributed by atoms with van der Waals surface area (Å²) in [4.78, 5) is 6.47. The minimum Gasteiger partial charge on any atom is -0.399 e. The molecule has 0 aliphatic carbocycles. The Morgan fingerprint density at radius 1 is 1.15 bits per heavy atom. The number of halogens is 1. The summed E-state index contributed by atoms with van der Waals surface area (Å²) in [5.41, 5.74) is 8.49. The van der Waals surface area contributed by atoms with Crippen LogP contribution < -0.4 is 16.0 Å². The SMILES string of the molecule is CCN(CC)c1ccc(Nc2cc(N)cc(Cl)n2)cc1. The van der Waals surface area contributed by atoms with Crippen LogP contribution in [0.5, 0.6) is 0 Å². The number of hydrogen-bond donors (Lipinski definition) is 2. The summed E-state index contributed by atoms with van der Waals surface area (Å²) in [7, 11) is 0. The Kier molecular flexibility index (Phi) is 4.69. The van der Waals surface area contributed by atoms with Crippen LogP contribution in [0.4, 0.5) is 22.9 Å². The molecule has 0 amide bonds. The zero-order valence-electron chi connectivity index (χ0n) is 11.7. The Hall–Kier alpha value is -1.94. The fourth-order valence-corrected chi connectivity index (χ4v) is 2.29. The van der Waals surface area contributed by atoms with Crippen LogP contribution in [0.15, 0.2) is 36.4 Å². The molecule has 2 aromatic rings. The standard InChI is InChI=1S/C15H19ClN4/c1-3-20(4-2)13-7-5-12(6-8-13)18-15-10-11(17)9-14(16)19-15/h5-10H,3-4H2,1-2H3,(H3,17,18,19). The van der Waals surface area contributed by atoms with Crippen LogP contribution in [0, 0.1) is 0 Å². The van der Waals surface area contributed by atoms with Crippen LogP contribution in [-0.2, 0) is 0 Å². The van der Waals surface area contributed by atoms with Gasteiger partial charge in [0.2, 0.25) is 0 Å². The van der Waals surface area contributed by atoms with Crippen molar-refractivity contribution in [1.29, 1.82) is 0 Å². The van der Waals surface area contributed by atoms with E-state index in [1.54, 1.807) is 12.1 Å². The van der Waals surface area contributed by atoms with Gasteiger partial charge in [-0.05, 0) is 44.2 Å². The molecule has 1 aromatic heterocycles. The molecule has 0 aliphatic rings. The van der Waals surface area contributed by atoms with Crippen molar-refractivity contribution in [3.63, 3.8) is 0 Å². The Morgan fingerprint density at radius 2 is 1.80 bits per heavy atom. The van der Waals surface area contributed by atoms with Crippen molar-refractivity contribution in [3.8, 4) is 0 Å². The topological polar surface area (TPSA) is 54.2 Å². The van der Waals surface area contributed by atoms with Gasteiger partial charge in [0.15, 0.2) is 0 Å². The van der Waals surface area contributed by atoms with Gasteiger partial charge in [0.05, 0.1) is 0 Å². The molecule has 0 radical (unpaired) electrons. The van der Waals surface area contributed by atoms with Gasteiger partial charge in [-0.2, -0.15) is 0 Å². The molecule has 0 saturated carbocycles. The van der Waals surface area contributed by atoms with E-state index in [1.165, 1.54) is 5.69 Å². The third-order valence-electron chi connectivity index (χ3n) is 3.08. The third-order valence-corrected chi connectivity index (χ3v) is 3.28. The number of aromatic nitrogens is 1. The molecule has 3 N–H and O–H groups in total. The van der Waals surface area contributed by atoms with E-state index >= 15 is 0 Å². The lowest BCUT2D eigenvalue weighted by molar-refractivity contribution is 0.866. The van der Waals surface area contributed by atoms with Crippen molar-refractivity contribution in [2.45, 2.75) is 13.8 Å². The fourth-order valence-electron chi connectivity index (χ4n) is 2.07. The maximum Gasteiger partial charge on any atom is 0.134 e. The second-order valence-corrected chi connectivity index (χ2v) is 4.84. The summed E-state index contributed by atoms with van der Waals surface area (Å²) in [6.45, 7) is 6.29. The summed E-state index contributed by atoms with van der Waals surface area (Å²) in [5, 5.41) is 3.58. The molecule has 106 valence electrons. The molecule has 20 heavy (non-hydrogen) atoms. The van der Waals surface area contributed by atoms with Crippen molar-refractivity contribution < 1.29 is 0 Å². The normalized spacial score (nSPS) is 10.3. The van der Waals surface area contributed by atoms with Gasteiger partial charge in [0.25, 0.3) is 0 Å². The second-order valence-electron chi connectivity index (χ2n) is 4.45. The Morgan fingerprint density at radius 3 is 2.35 bits per heavy atom. The average Bonchev–Trinajstić information content (AvgIpc) is 2.41. The molecule has 1 heterocycles. The highest BCUT2D eigenvalue weighted by molar-refractivity contribution is 6.29. The molecule has 0 unspecified atom stereocenters. The molecule has 2 rings (SSSR count). The number of nitrogens with zero attached hydrogens (tertiary/aromatic N) is 2. The van der Waals surface area contributed by atoms with E-state index in [9.17, 15) is 0 Å². The minimum absolute atomic E-state index is 0.382. The molecular formula is C15H19ClN4. The molecule has 0 aliphatic heterocycles. The number of hydrogen-bond acceptors (Lipinski definition) is 4. The van der Waals surface area contributed by atoms with Gasteiger partial charge in [0.1, 0.15) is 11.0 Å². The molecule has 0 saturated heterocycles. The van der Waals surface area contributed by atoms with Crippen LogP contribution >= 0.6 is 11.6 Å². The Bertz CT molecular complexity index is 544. The van der Waals surface area contributed by atoms with Gasteiger partial charge >= 0.3 is 0 Å². The van der Waals surface area contributed by atoms with Crippen LogP contribution in [0.3, 0.4) is 0 Å². The van der Waals surface area contributed by atoms with Gasteiger partial charge in [-0.1, -0.05) is 11.6 Å². The van der Waals surface area contributed by atoms with Crippen LogP contribution in [-0.4, -0.2) is 18.1 Å². The zero-order valence-corrected chi connectivity index (χ0v) is 12.5. The van der Waals surface area contributed by atoms with Crippen LogP contribution in [0.25, 0.3) is 0 Å². The highest BCUT2D eigenvalue weighted by atomic mass is 35.5. The Labute approximate surface area is 124 Å². The van der Waals surface area contributed by atoms with E-state index < -0.39 is 0 Å². The fraction of sp³-hybridized carbons (Fsp3) is 0.267. The van der Waals surface area contributed by atoms with E-state index in [4.69, 9.17) is 17.3 Å². The predicted molar refractivity (Wildman–Crippen MR) is 86.9 cm³/mol. The van der Waals surface area contributed by atoms with Crippen LogP contribution in [0.1, 0.15) is 13.8 Å². The van der Waals surface area contributed by atoms with Crippen molar-refractivity contribution in [1.82, 2.24) is 4.98 Å². The smallest absolute Gasteiger partial charge is 0.134 e. The van der Waals surface area contributed by atoms with Crippen molar-refractivity contribution >= 4 is 34.5 Å². The van der Waals surface area contributed by atoms with Crippen LogP contribution in [0.2, 0.25) is 5.15 Å². The predicted octanol–water partition coefficient (Wildman–Crippen LogP) is 3.91. The first kappa shape index (κ1) is 14.5. The van der Waals surface area contributed by atoms with Crippen molar-refractivity contribution in [3.05, 3.63) is 41.6 Å². The Balaban J connectivity index is 2.14. The first-order valence-corrected chi connectivity index (χ1v) is 7.05. The largest absolute Gasteiger partial charge is 0.399 e. The second kappa shape index (κ2) is 6.48. The highest BCUT2D eigenvalue weighted by Gasteiger charge is 2.03. The minimum atomic E-state index is 0.382. The molecule has 0 bridgehead atoms. The number of benzene rings is 1. The summed E-state index contributed by atoms with van der Waals surface area (Å²) in [6.07, 6.45) is 0. The first-order valence-electron chi connectivity index (χ1n) is 6.67. The summed E-state index contributed by atoms with van der Waals surface area (Å²) in [6, 6.07) is 11.6. The molecule has 4 nitrogen and oxygen atoms in total. The lowest BCUT2D eigenvalue weighted by Gasteiger charge is -2.21. The molecule has 0 atom stereocenters. The first-order chi connectivity index (χ1) is 9.62. The maximum absolute atomic E-state index is 5.88. The number of pyridine rings is 1. The van der Waals surface area contributed by atoms with E-state index in [2.05, 4.69) is 41.2 Å². The van der Waals surface area contributed by atoms with E-state index in [0.29, 0.717) is 16.7 Å².